The van der Waals surface area contributed by atoms with Crippen LogP contribution in [-0.2, 0) is 9.84 Å². The minimum Gasteiger partial charge on any atom is -0.493 e. The van der Waals surface area contributed by atoms with Crippen LogP contribution in [0.15, 0.2) is 62.3 Å². The summed E-state index contributed by atoms with van der Waals surface area (Å²) >= 11 is 3.40. The van der Waals surface area contributed by atoms with Crippen LogP contribution in [0.4, 0.5) is 0 Å². The molecular weight excluding hydrogens is 446 g/mol. The van der Waals surface area contributed by atoms with E-state index < -0.39 is 9.84 Å². The zero-order valence-corrected chi connectivity index (χ0v) is 17.9. The van der Waals surface area contributed by atoms with Crippen molar-refractivity contribution in [2.75, 3.05) is 26.5 Å². The molecule has 28 heavy (non-hydrogen) atoms. The summed E-state index contributed by atoms with van der Waals surface area (Å²) in [6, 6.07) is 13.7. The van der Waals surface area contributed by atoms with E-state index in [9.17, 15) is 13.2 Å². The molecule has 148 valence electrons. The van der Waals surface area contributed by atoms with Crippen molar-refractivity contribution in [1.29, 1.82) is 0 Å². The largest absolute Gasteiger partial charge is 0.493 e. The Bertz CT molecular complexity index is 1110. The number of benzene rings is 2. The van der Waals surface area contributed by atoms with Crippen LogP contribution in [0, 0.1) is 0 Å². The van der Waals surface area contributed by atoms with E-state index in [0.717, 1.165) is 16.1 Å². The maximum Gasteiger partial charge on any atom is 0.289 e. The third-order valence-electron chi connectivity index (χ3n) is 4.18. The highest BCUT2D eigenvalue weighted by Crippen LogP contribution is 2.24. The Morgan fingerprint density at radius 3 is 2.71 bits per heavy atom. The second-order valence-corrected chi connectivity index (χ2v) is 9.40. The molecule has 0 atom stereocenters. The Balaban J connectivity index is 1.53. The molecule has 0 saturated heterocycles. The van der Waals surface area contributed by atoms with Crippen LogP contribution in [0.3, 0.4) is 0 Å². The summed E-state index contributed by atoms with van der Waals surface area (Å²) in [6.45, 7) is 0.837. The molecule has 1 amide bonds. The normalized spacial score (nSPS) is 11.5. The van der Waals surface area contributed by atoms with Crippen molar-refractivity contribution >= 4 is 42.6 Å². The molecule has 0 N–H and O–H groups in total. The molecule has 1 aromatic heterocycles. The minimum absolute atomic E-state index is 0.202. The van der Waals surface area contributed by atoms with Gasteiger partial charge in [-0.2, -0.15) is 0 Å². The number of hydrogen-bond donors (Lipinski definition) is 0. The average Bonchev–Trinajstić information content (AvgIpc) is 3.07. The van der Waals surface area contributed by atoms with E-state index in [4.69, 9.17) is 9.15 Å². The van der Waals surface area contributed by atoms with Gasteiger partial charge in [0.2, 0.25) is 0 Å². The van der Waals surface area contributed by atoms with Gasteiger partial charge >= 0.3 is 0 Å². The fraction of sp³-hybridized carbons (Fsp3) is 0.250. The molecule has 8 heteroatoms. The lowest BCUT2D eigenvalue weighted by atomic mass is 10.2. The summed E-state index contributed by atoms with van der Waals surface area (Å²) in [5.41, 5.74) is 0.661. The molecule has 0 unspecified atom stereocenters. The van der Waals surface area contributed by atoms with Gasteiger partial charge in [0.05, 0.1) is 11.5 Å². The second-order valence-electron chi connectivity index (χ2n) is 6.47. The number of nitrogens with zero attached hydrogens (tertiary/aromatic N) is 1. The SMILES string of the molecule is CN(CCCOc1cccc(S(C)(=O)=O)c1)C(=O)c1cc2cc(Br)ccc2o1. The Hall–Kier alpha value is -2.32. The van der Waals surface area contributed by atoms with Gasteiger partial charge in [0.25, 0.3) is 5.91 Å². The predicted octanol–water partition coefficient (Wildman–Crippen LogP) is 4.14. The molecular formula is C20H20BrNO5S. The molecule has 0 bridgehead atoms. The first kappa shape index (κ1) is 20.4. The molecule has 0 saturated carbocycles. The molecule has 3 aromatic rings. The van der Waals surface area contributed by atoms with Crippen molar-refractivity contribution in [2.24, 2.45) is 0 Å². The van der Waals surface area contributed by atoms with Gasteiger partial charge in [-0.05, 0) is 48.9 Å². The summed E-state index contributed by atoms with van der Waals surface area (Å²) in [7, 11) is -1.57. The third kappa shape index (κ3) is 4.94. The summed E-state index contributed by atoms with van der Waals surface area (Å²) < 4.78 is 35.3. The van der Waals surface area contributed by atoms with Crippen molar-refractivity contribution in [3.05, 3.63) is 58.8 Å². The Morgan fingerprint density at radius 1 is 1.18 bits per heavy atom. The van der Waals surface area contributed by atoms with E-state index in [2.05, 4.69) is 15.9 Å². The lowest BCUT2D eigenvalue weighted by Crippen LogP contribution is -2.28. The summed E-state index contributed by atoms with van der Waals surface area (Å²) in [5, 5.41) is 0.861. The quantitative estimate of drug-likeness (QED) is 0.490. The van der Waals surface area contributed by atoms with Crippen LogP contribution >= 0.6 is 15.9 Å². The molecule has 0 spiro atoms. The first-order valence-electron chi connectivity index (χ1n) is 8.61. The van der Waals surface area contributed by atoms with Gasteiger partial charge in [-0.3, -0.25) is 4.79 Å². The Morgan fingerprint density at radius 2 is 1.96 bits per heavy atom. The predicted molar refractivity (Wildman–Crippen MR) is 111 cm³/mol. The number of amides is 1. The van der Waals surface area contributed by atoms with Gasteiger partial charge in [-0.15, -0.1) is 0 Å². The van der Waals surface area contributed by atoms with Crippen molar-refractivity contribution in [1.82, 2.24) is 4.90 Å². The van der Waals surface area contributed by atoms with Crippen LogP contribution in [-0.4, -0.2) is 45.7 Å². The van der Waals surface area contributed by atoms with E-state index in [1.165, 1.54) is 12.1 Å². The van der Waals surface area contributed by atoms with Crippen molar-refractivity contribution in [3.63, 3.8) is 0 Å². The van der Waals surface area contributed by atoms with Crippen LogP contribution in [0.5, 0.6) is 5.75 Å². The summed E-state index contributed by atoms with van der Waals surface area (Å²) in [5.74, 6) is 0.573. The number of furan rings is 1. The number of rotatable bonds is 7. The Labute approximate surface area is 172 Å². The van der Waals surface area contributed by atoms with E-state index in [1.807, 2.05) is 18.2 Å². The monoisotopic (exact) mass is 465 g/mol. The van der Waals surface area contributed by atoms with Crippen molar-refractivity contribution < 1.29 is 22.4 Å². The van der Waals surface area contributed by atoms with Crippen LogP contribution in [0.25, 0.3) is 11.0 Å². The number of halogens is 1. The van der Waals surface area contributed by atoms with E-state index >= 15 is 0 Å². The highest BCUT2D eigenvalue weighted by molar-refractivity contribution is 9.10. The molecule has 0 aliphatic heterocycles. The second kappa shape index (κ2) is 8.36. The van der Waals surface area contributed by atoms with Crippen molar-refractivity contribution in [3.8, 4) is 5.75 Å². The Kier molecular flexibility index (Phi) is 6.10. The molecule has 0 aliphatic rings. The lowest BCUT2D eigenvalue weighted by molar-refractivity contribution is 0.0759. The molecule has 1 heterocycles. The number of fused-ring (bicyclic) bond motifs is 1. The highest BCUT2D eigenvalue weighted by Gasteiger charge is 2.17. The fourth-order valence-corrected chi connectivity index (χ4v) is 3.73. The van der Waals surface area contributed by atoms with Crippen LogP contribution < -0.4 is 4.74 Å². The zero-order valence-electron chi connectivity index (χ0n) is 15.5. The van der Waals surface area contributed by atoms with Crippen molar-refractivity contribution in [2.45, 2.75) is 11.3 Å². The molecule has 6 nitrogen and oxygen atoms in total. The van der Waals surface area contributed by atoms with E-state index in [0.29, 0.717) is 30.9 Å². The zero-order chi connectivity index (χ0) is 20.3. The maximum atomic E-state index is 12.5. The summed E-state index contributed by atoms with van der Waals surface area (Å²) in [4.78, 5) is 14.3. The molecule has 0 aliphatic carbocycles. The maximum absolute atomic E-state index is 12.5. The molecule has 2 aromatic carbocycles. The number of sulfone groups is 1. The standard InChI is InChI=1S/C20H20BrNO5S/c1-22(20(23)19-12-14-11-15(21)7-8-18(14)27-19)9-4-10-26-16-5-3-6-17(13-16)28(2,24)25/h3,5-8,11-13H,4,9-10H2,1-2H3. The number of carbonyl (C=O) groups is 1. The first-order chi connectivity index (χ1) is 13.2. The van der Waals surface area contributed by atoms with Gasteiger partial charge in [-0.25, -0.2) is 8.42 Å². The molecule has 3 rings (SSSR count). The number of ether oxygens (including phenoxy) is 1. The van der Waals surface area contributed by atoms with Gasteiger partial charge in [0.1, 0.15) is 11.3 Å². The van der Waals surface area contributed by atoms with Crippen LogP contribution in [0.2, 0.25) is 0 Å². The van der Waals surface area contributed by atoms with Crippen LogP contribution in [0.1, 0.15) is 17.0 Å². The summed E-state index contributed by atoms with van der Waals surface area (Å²) in [6.07, 6.45) is 1.75. The molecule has 0 radical (unpaired) electrons. The number of carbonyl (C=O) groups excluding carboxylic acids is 1. The van der Waals surface area contributed by atoms with Gasteiger partial charge in [0, 0.05) is 29.7 Å². The topological polar surface area (TPSA) is 76.8 Å². The lowest BCUT2D eigenvalue weighted by Gasteiger charge is -2.16. The van der Waals surface area contributed by atoms with Gasteiger partial charge in [-0.1, -0.05) is 22.0 Å². The smallest absolute Gasteiger partial charge is 0.289 e. The average molecular weight is 466 g/mol. The minimum atomic E-state index is -3.27. The van der Waals surface area contributed by atoms with E-state index in [-0.39, 0.29) is 16.6 Å². The molecule has 0 fully saturated rings. The van der Waals surface area contributed by atoms with Gasteiger partial charge in [0.15, 0.2) is 15.6 Å². The third-order valence-corrected chi connectivity index (χ3v) is 5.78. The van der Waals surface area contributed by atoms with Gasteiger partial charge < -0.3 is 14.1 Å². The number of hydrogen-bond acceptors (Lipinski definition) is 5. The first-order valence-corrected chi connectivity index (χ1v) is 11.3. The fourth-order valence-electron chi connectivity index (χ4n) is 2.70. The highest BCUT2D eigenvalue weighted by atomic mass is 79.9. The van der Waals surface area contributed by atoms with E-state index in [1.54, 1.807) is 30.1 Å².